The quantitative estimate of drug-likeness (QED) is 0.409. The summed E-state index contributed by atoms with van der Waals surface area (Å²) < 4.78 is 5.56. The van der Waals surface area contributed by atoms with E-state index in [1.54, 1.807) is 20.8 Å². The smallest absolute Gasteiger partial charge is 0.268 e. The summed E-state index contributed by atoms with van der Waals surface area (Å²) in [6, 6.07) is 7.37. The Labute approximate surface area is 221 Å². The molecule has 1 aliphatic rings. The predicted molar refractivity (Wildman–Crippen MR) is 143 cm³/mol. The van der Waals surface area contributed by atoms with E-state index >= 15 is 0 Å². The van der Waals surface area contributed by atoms with Crippen LogP contribution in [0.5, 0.6) is 0 Å². The van der Waals surface area contributed by atoms with Crippen molar-refractivity contribution in [3.8, 4) is 0 Å². The van der Waals surface area contributed by atoms with Crippen LogP contribution in [0.2, 0.25) is 0 Å². The molecule has 1 fully saturated rings. The number of hydrogen-bond donors (Lipinski definition) is 2. The van der Waals surface area contributed by atoms with Gasteiger partial charge in [0.1, 0.15) is 6.04 Å². The van der Waals surface area contributed by atoms with Gasteiger partial charge in [0.05, 0.1) is 6.04 Å². The summed E-state index contributed by atoms with van der Waals surface area (Å²) in [7, 11) is 0. The second-order valence-corrected chi connectivity index (χ2v) is 10.2. The van der Waals surface area contributed by atoms with Gasteiger partial charge in [-0.25, -0.2) is 20.3 Å². The average Bonchev–Trinajstić information content (AvgIpc) is 2.88. The molecule has 1 aliphatic heterocycles. The molecule has 3 amide bonds. The van der Waals surface area contributed by atoms with Crippen LogP contribution in [-0.2, 0) is 24.0 Å². The van der Waals surface area contributed by atoms with Gasteiger partial charge in [0.2, 0.25) is 5.91 Å². The number of nitrogens with zero attached hydrogens (tertiary/aromatic N) is 2. The van der Waals surface area contributed by atoms with Crippen LogP contribution in [0.25, 0.3) is 6.08 Å². The molecule has 0 aliphatic carbocycles. The zero-order valence-electron chi connectivity index (χ0n) is 22.9. The fraction of sp³-hybridized carbons (Fsp3) is 0.607. The molecule has 9 heteroatoms. The standard InChI is InChI=1S/C28H44N4O5/c1-20(2)17-18-25(33)32(31(21(3)4)28(35)22(5)29)24(15-11-14-23-12-7-6-8-13-23)27(34)30-37-26-16-9-10-19-36-26/h6-8,11-14,20-22,24,26H,9-10,15-19,29H2,1-5H3,(H,30,34)/t22-,24+,26?/m1/s1. The molecule has 1 aromatic rings. The summed E-state index contributed by atoms with van der Waals surface area (Å²) in [5, 5.41) is 2.61. The average molecular weight is 517 g/mol. The minimum Gasteiger partial charge on any atom is -0.350 e. The Bertz CT molecular complexity index is 882. The molecule has 3 atom stereocenters. The number of amides is 3. The first kappa shape index (κ1) is 30.5. The van der Waals surface area contributed by atoms with E-state index in [0.29, 0.717) is 19.4 Å². The highest BCUT2D eigenvalue weighted by atomic mass is 16.8. The van der Waals surface area contributed by atoms with Gasteiger partial charge in [-0.3, -0.25) is 14.4 Å². The lowest BCUT2D eigenvalue weighted by Gasteiger charge is -2.42. The largest absolute Gasteiger partial charge is 0.350 e. The van der Waals surface area contributed by atoms with Gasteiger partial charge in [0, 0.05) is 25.5 Å². The molecule has 0 radical (unpaired) electrons. The van der Waals surface area contributed by atoms with Crippen molar-refractivity contribution in [2.45, 2.75) is 97.6 Å². The molecule has 1 aromatic carbocycles. The summed E-state index contributed by atoms with van der Waals surface area (Å²) in [6.07, 6.45) is 6.68. The van der Waals surface area contributed by atoms with Crippen molar-refractivity contribution in [2.75, 3.05) is 6.61 Å². The van der Waals surface area contributed by atoms with Crippen molar-refractivity contribution in [2.24, 2.45) is 11.7 Å². The van der Waals surface area contributed by atoms with Crippen molar-refractivity contribution in [3.63, 3.8) is 0 Å². The van der Waals surface area contributed by atoms with E-state index in [-0.39, 0.29) is 24.7 Å². The van der Waals surface area contributed by atoms with Crippen LogP contribution in [0.3, 0.4) is 0 Å². The Hall–Kier alpha value is -2.75. The predicted octanol–water partition coefficient (Wildman–Crippen LogP) is 3.80. The topological polar surface area (TPSA) is 114 Å². The van der Waals surface area contributed by atoms with Crippen LogP contribution >= 0.6 is 0 Å². The Kier molecular flexibility index (Phi) is 12.8. The van der Waals surface area contributed by atoms with Crippen LogP contribution in [0, 0.1) is 5.92 Å². The molecular weight excluding hydrogens is 472 g/mol. The first-order valence-electron chi connectivity index (χ1n) is 13.3. The van der Waals surface area contributed by atoms with Gasteiger partial charge < -0.3 is 10.5 Å². The molecule has 1 unspecified atom stereocenters. The second kappa shape index (κ2) is 15.5. The number of carbonyl (C=O) groups excluding carboxylic acids is 3. The summed E-state index contributed by atoms with van der Waals surface area (Å²) in [6.45, 7) is 9.77. The van der Waals surface area contributed by atoms with Crippen molar-refractivity contribution >= 4 is 23.8 Å². The summed E-state index contributed by atoms with van der Waals surface area (Å²) in [5.74, 6) is -1.01. The Morgan fingerprint density at radius 1 is 1.11 bits per heavy atom. The maximum Gasteiger partial charge on any atom is 0.268 e. The van der Waals surface area contributed by atoms with Gasteiger partial charge in [-0.2, -0.15) is 0 Å². The van der Waals surface area contributed by atoms with E-state index in [1.807, 2.05) is 56.3 Å². The molecule has 0 bridgehead atoms. The second-order valence-electron chi connectivity index (χ2n) is 10.2. The number of rotatable bonds is 12. The Balaban J connectivity index is 2.40. The van der Waals surface area contributed by atoms with E-state index in [4.69, 9.17) is 15.3 Å². The third-order valence-electron chi connectivity index (χ3n) is 6.02. The third-order valence-corrected chi connectivity index (χ3v) is 6.02. The van der Waals surface area contributed by atoms with E-state index in [9.17, 15) is 14.4 Å². The van der Waals surface area contributed by atoms with Crippen molar-refractivity contribution < 1.29 is 24.0 Å². The SMILES string of the molecule is CC(C)CCC(=O)N([C@@H](CC=Cc1ccccc1)C(=O)NOC1CCCCO1)N(C(=O)[C@@H](C)N)C(C)C. The highest BCUT2D eigenvalue weighted by Crippen LogP contribution is 2.20. The van der Waals surface area contributed by atoms with Crippen LogP contribution in [0.4, 0.5) is 0 Å². The van der Waals surface area contributed by atoms with Crippen molar-refractivity contribution in [1.29, 1.82) is 0 Å². The van der Waals surface area contributed by atoms with E-state index in [0.717, 1.165) is 18.4 Å². The van der Waals surface area contributed by atoms with Gasteiger partial charge in [0.15, 0.2) is 6.29 Å². The lowest BCUT2D eigenvalue weighted by atomic mass is 10.1. The highest BCUT2D eigenvalue weighted by molar-refractivity contribution is 5.90. The normalized spacial score (nSPS) is 17.6. The summed E-state index contributed by atoms with van der Waals surface area (Å²) in [4.78, 5) is 45.9. The molecular formula is C28H44N4O5. The van der Waals surface area contributed by atoms with Gasteiger partial charge in [-0.15, -0.1) is 0 Å². The van der Waals surface area contributed by atoms with Crippen molar-refractivity contribution in [3.05, 3.63) is 42.0 Å². The monoisotopic (exact) mass is 516 g/mol. The minimum absolute atomic E-state index is 0.165. The zero-order chi connectivity index (χ0) is 27.4. The Morgan fingerprint density at radius 2 is 1.81 bits per heavy atom. The number of hydrazine groups is 1. The van der Waals surface area contributed by atoms with Gasteiger partial charge >= 0.3 is 0 Å². The van der Waals surface area contributed by atoms with E-state index in [1.165, 1.54) is 10.0 Å². The van der Waals surface area contributed by atoms with Crippen LogP contribution in [-0.4, -0.2) is 58.8 Å². The summed E-state index contributed by atoms with van der Waals surface area (Å²) >= 11 is 0. The molecule has 9 nitrogen and oxygen atoms in total. The zero-order valence-corrected chi connectivity index (χ0v) is 22.9. The molecule has 0 saturated carbocycles. The van der Waals surface area contributed by atoms with Crippen molar-refractivity contribution in [1.82, 2.24) is 15.5 Å². The fourth-order valence-electron chi connectivity index (χ4n) is 4.00. The Morgan fingerprint density at radius 3 is 2.38 bits per heavy atom. The number of nitrogens with one attached hydrogen (secondary N) is 1. The van der Waals surface area contributed by atoms with Crippen LogP contribution < -0.4 is 11.2 Å². The number of hydroxylamine groups is 1. The molecule has 0 aromatic heterocycles. The molecule has 1 heterocycles. The fourth-order valence-corrected chi connectivity index (χ4v) is 4.00. The lowest BCUT2D eigenvalue weighted by molar-refractivity contribution is -0.206. The number of nitrogens with two attached hydrogens (primary N) is 1. The van der Waals surface area contributed by atoms with E-state index in [2.05, 4.69) is 5.48 Å². The summed E-state index contributed by atoms with van der Waals surface area (Å²) in [5.41, 5.74) is 9.42. The number of benzene rings is 1. The maximum atomic E-state index is 13.6. The molecule has 1 saturated heterocycles. The van der Waals surface area contributed by atoms with Crippen LogP contribution in [0.15, 0.2) is 36.4 Å². The highest BCUT2D eigenvalue weighted by Gasteiger charge is 2.38. The molecule has 0 spiro atoms. The van der Waals surface area contributed by atoms with E-state index < -0.39 is 36.2 Å². The molecule has 206 valence electrons. The van der Waals surface area contributed by atoms with Gasteiger partial charge in [-0.05, 0) is 57.9 Å². The van der Waals surface area contributed by atoms with Gasteiger partial charge in [0.25, 0.3) is 11.8 Å². The van der Waals surface area contributed by atoms with Gasteiger partial charge in [-0.1, -0.05) is 56.3 Å². The minimum atomic E-state index is -1.03. The first-order chi connectivity index (χ1) is 17.6. The molecule has 37 heavy (non-hydrogen) atoms. The number of hydrogen-bond acceptors (Lipinski definition) is 6. The van der Waals surface area contributed by atoms with Crippen LogP contribution in [0.1, 0.15) is 78.7 Å². The first-order valence-corrected chi connectivity index (χ1v) is 13.3. The molecule has 3 N–H and O–H groups in total. The third kappa shape index (κ3) is 9.91. The maximum absolute atomic E-state index is 13.6. The molecule has 2 rings (SSSR count). The number of carbonyl (C=O) groups is 3. The lowest BCUT2D eigenvalue weighted by Crippen LogP contribution is -2.63. The number of ether oxygens (including phenoxy) is 1.